The van der Waals surface area contributed by atoms with Crippen LogP contribution in [0.2, 0.25) is 0 Å². The smallest absolute Gasteiger partial charge is 0.236 e. The van der Waals surface area contributed by atoms with Crippen molar-refractivity contribution in [3.63, 3.8) is 0 Å². The Bertz CT molecular complexity index is 1450. The molecule has 4 atom stereocenters. The molecule has 0 radical (unpaired) electrons. The van der Waals surface area contributed by atoms with Gasteiger partial charge in [-0.3, -0.25) is 19.3 Å². The lowest BCUT2D eigenvalue weighted by molar-refractivity contribution is -0.142. The van der Waals surface area contributed by atoms with Crippen LogP contribution in [-0.4, -0.2) is 40.2 Å². The zero-order valence-corrected chi connectivity index (χ0v) is 19.2. The van der Waals surface area contributed by atoms with E-state index in [-0.39, 0.29) is 37.0 Å². The third-order valence-corrected chi connectivity index (χ3v) is 7.66. The molecule has 2 amide bonds. The van der Waals surface area contributed by atoms with E-state index in [0.29, 0.717) is 17.1 Å². The standard InChI is InChI=1S/C29H22N2O5/c32-27(19-7-2-1-3-8-19)26-24-23(25-20-9-5-4-6-18(20)12-13-30(25)26)28(33)31(29(24)34)15-17-10-11-21-22(14-17)36-16-35-21/h1-14,23-26H,15-16H2/t23-,24+,25?,26-/m0/s1. The van der Waals surface area contributed by atoms with Crippen molar-refractivity contribution in [2.24, 2.45) is 11.8 Å². The van der Waals surface area contributed by atoms with Crippen LogP contribution in [0, 0.1) is 11.8 Å². The lowest BCUT2D eigenvalue weighted by Gasteiger charge is -2.35. The number of hydrogen-bond donors (Lipinski definition) is 0. The van der Waals surface area contributed by atoms with Crippen LogP contribution in [0.5, 0.6) is 11.5 Å². The van der Waals surface area contributed by atoms with Gasteiger partial charge in [-0.25, -0.2) is 0 Å². The van der Waals surface area contributed by atoms with Crippen LogP contribution in [0.3, 0.4) is 0 Å². The molecule has 0 N–H and O–H groups in total. The summed E-state index contributed by atoms with van der Waals surface area (Å²) in [6.45, 7) is 0.274. The Balaban J connectivity index is 1.30. The van der Waals surface area contributed by atoms with Crippen molar-refractivity contribution in [2.45, 2.75) is 18.6 Å². The summed E-state index contributed by atoms with van der Waals surface area (Å²) in [5.41, 5.74) is 3.26. The number of carbonyl (C=O) groups excluding carboxylic acids is 3. The minimum Gasteiger partial charge on any atom is -0.454 e. The predicted molar refractivity (Wildman–Crippen MR) is 130 cm³/mol. The number of Topliss-reactive ketones (excluding diaryl/α,β-unsaturated/α-hetero) is 1. The summed E-state index contributed by atoms with van der Waals surface area (Å²) in [5, 5.41) is 0. The van der Waals surface area contributed by atoms with Crippen molar-refractivity contribution in [3.8, 4) is 11.5 Å². The highest BCUT2D eigenvalue weighted by Crippen LogP contribution is 2.53. The molecular weight excluding hydrogens is 456 g/mol. The van der Waals surface area contributed by atoms with Gasteiger partial charge in [0.25, 0.3) is 0 Å². The first-order valence-electron chi connectivity index (χ1n) is 12.0. The zero-order valence-electron chi connectivity index (χ0n) is 19.2. The van der Waals surface area contributed by atoms with Crippen LogP contribution in [-0.2, 0) is 16.1 Å². The van der Waals surface area contributed by atoms with E-state index in [9.17, 15) is 14.4 Å². The number of fused-ring (bicyclic) bond motifs is 6. The summed E-state index contributed by atoms with van der Waals surface area (Å²) in [7, 11) is 0. The van der Waals surface area contributed by atoms with Gasteiger partial charge in [-0.1, -0.05) is 60.7 Å². The minimum atomic E-state index is -0.764. The number of hydrogen-bond acceptors (Lipinski definition) is 6. The van der Waals surface area contributed by atoms with Crippen molar-refractivity contribution in [2.75, 3.05) is 6.79 Å². The van der Waals surface area contributed by atoms with Crippen molar-refractivity contribution >= 4 is 23.7 Å². The molecular formula is C29H22N2O5. The SMILES string of the molecule is O=C(c1ccccc1)[C@@H]1[C@@H]2C(=O)N(Cc3ccc4c(c3)OCO4)C(=O)[C@@H]2C2c3ccccc3C=CN21. The van der Waals surface area contributed by atoms with Gasteiger partial charge < -0.3 is 14.4 Å². The number of benzene rings is 3. The number of likely N-dealkylation sites (tertiary alicyclic amines) is 1. The Kier molecular flexibility index (Phi) is 4.54. The molecule has 1 unspecified atom stereocenters. The van der Waals surface area contributed by atoms with E-state index < -0.39 is 17.9 Å². The van der Waals surface area contributed by atoms with E-state index in [2.05, 4.69) is 0 Å². The largest absolute Gasteiger partial charge is 0.454 e. The lowest BCUT2D eigenvalue weighted by Crippen LogP contribution is -2.44. The summed E-state index contributed by atoms with van der Waals surface area (Å²) in [6, 6.07) is 21.1. The molecule has 7 heteroatoms. The van der Waals surface area contributed by atoms with Gasteiger partial charge in [-0.15, -0.1) is 0 Å². The molecule has 4 aliphatic heterocycles. The topological polar surface area (TPSA) is 76.1 Å². The Morgan fingerprint density at radius 2 is 1.61 bits per heavy atom. The van der Waals surface area contributed by atoms with E-state index in [4.69, 9.17) is 9.47 Å². The van der Waals surface area contributed by atoms with E-state index in [1.807, 2.05) is 65.7 Å². The first-order valence-corrected chi connectivity index (χ1v) is 12.0. The van der Waals surface area contributed by atoms with Gasteiger partial charge in [0.1, 0.15) is 6.04 Å². The third kappa shape index (κ3) is 2.95. The zero-order chi connectivity index (χ0) is 24.4. The summed E-state index contributed by atoms with van der Waals surface area (Å²) < 4.78 is 10.9. The number of carbonyl (C=O) groups is 3. The molecule has 178 valence electrons. The first kappa shape index (κ1) is 20.9. The van der Waals surface area contributed by atoms with Crippen molar-refractivity contribution in [3.05, 3.63) is 101 Å². The highest BCUT2D eigenvalue weighted by Gasteiger charge is 2.64. The van der Waals surface area contributed by atoms with Crippen LogP contribution in [0.4, 0.5) is 0 Å². The number of rotatable bonds is 4. The number of nitrogens with zero attached hydrogens (tertiary/aromatic N) is 2. The molecule has 7 rings (SSSR count). The lowest BCUT2D eigenvalue weighted by atomic mass is 9.83. The molecule has 0 saturated carbocycles. The Hall–Kier alpha value is -4.39. The number of ketones is 1. The van der Waals surface area contributed by atoms with Gasteiger partial charge in [0, 0.05) is 11.8 Å². The predicted octanol–water partition coefficient (Wildman–Crippen LogP) is 3.81. The normalized spacial score (nSPS) is 25.1. The van der Waals surface area contributed by atoms with Gasteiger partial charge in [0.05, 0.1) is 24.4 Å². The van der Waals surface area contributed by atoms with Crippen molar-refractivity contribution in [1.82, 2.24) is 9.80 Å². The van der Waals surface area contributed by atoms with Crippen LogP contribution in [0.15, 0.2) is 79.0 Å². The van der Waals surface area contributed by atoms with Crippen LogP contribution < -0.4 is 9.47 Å². The molecule has 3 aromatic carbocycles. The first-order chi connectivity index (χ1) is 17.6. The summed E-state index contributed by atoms with van der Waals surface area (Å²) in [4.78, 5) is 44.8. The molecule has 4 aliphatic rings. The average molecular weight is 479 g/mol. The Morgan fingerprint density at radius 3 is 2.47 bits per heavy atom. The molecule has 0 aromatic heterocycles. The highest BCUT2D eigenvalue weighted by molar-refractivity contribution is 6.12. The number of imide groups is 1. The average Bonchev–Trinajstić information content (AvgIpc) is 3.59. The molecule has 0 bridgehead atoms. The monoisotopic (exact) mass is 478 g/mol. The third-order valence-electron chi connectivity index (χ3n) is 7.66. The molecule has 36 heavy (non-hydrogen) atoms. The fraction of sp³-hybridized carbons (Fsp3) is 0.207. The Labute approximate surface area is 207 Å². The van der Waals surface area contributed by atoms with Gasteiger partial charge in [0.15, 0.2) is 17.3 Å². The molecule has 0 aliphatic carbocycles. The van der Waals surface area contributed by atoms with Gasteiger partial charge in [-0.2, -0.15) is 0 Å². The maximum absolute atomic E-state index is 13.9. The quantitative estimate of drug-likeness (QED) is 0.419. The maximum atomic E-state index is 13.9. The number of ether oxygens (including phenoxy) is 2. The van der Waals surface area contributed by atoms with E-state index >= 15 is 0 Å². The maximum Gasteiger partial charge on any atom is 0.236 e. The summed E-state index contributed by atoms with van der Waals surface area (Å²) in [6.07, 6.45) is 3.83. The molecule has 4 heterocycles. The van der Waals surface area contributed by atoms with Crippen molar-refractivity contribution < 1.29 is 23.9 Å². The van der Waals surface area contributed by atoms with Gasteiger partial charge in [-0.05, 0) is 34.9 Å². The number of amides is 2. The van der Waals surface area contributed by atoms with Crippen molar-refractivity contribution in [1.29, 1.82) is 0 Å². The molecule has 2 fully saturated rings. The molecule has 7 nitrogen and oxygen atoms in total. The fourth-order valence-electron chi connectivity index (χ4n) is 6.07. The minimum absolute atomic E-state index is 0.123. The molecule has 3 aromatic rings. The second-order valence-corrected chi connectivity index (χ2v) is 9.51. The van der Waals surface area contributed by atoms with Gasteiger partial charge >= 0.3 is 0 Å². The van der Waals surface area contributed by atoms with Crippen LogP contribution >= 0.6 is 0 Å². The van der Waals surface area contributed by atoms with E-state index in [0.717, 1.165) is 16.7 Å². The van der Waals surface area contributed by atoms with Crippen LogP contribution in [0.25, 0.3) is 6.08 Å². The second kappa shape index (κ2) is 7.81. The Morgan fingerprint density at radius 1 is 0.861 bits per heavy atom. The van der Waals surface area contributed by atoms with Crippen LogP contribution in [0.1, 0.15) is 33.1 Å². The van der Waals surface area contributed by atoms with Gasteiger partial charge in [0.2, 0.25) is 18.6 Å². The second-order valence-electron chi connectivity index (χ2n) is 9.51. The molecule has 2 saturated heterocycles. The molecule has 0 spiro atoms. The highest BCUT2D eigenvalue weighted by atomic mass is 16.7. The van der Waals surface area contributed by atoms with E-state index in [1.54, 1.807) is 24.3 Å². The summed E-state index contributed by atoms with van der Waals surface area (Å²) >= 11 is 0. The fourth-order valence-corrected chi connectivity index (χ4v) is 6.07. The summed E-state index contributed by atoms with van der Waals surface area (Å²) in [5.74, 6) is -0.868. The van der Waals surface area contributed by atoms with E-state index in [1.165, 1.54) is 4.90 Å².